The van der Waals surface area contributed by atoms with Gasteiger partial charge in [-0.2, -0.15) is 39.5 Å². The SMILES string of the molecule is COCC(F)N1C(=O)NC(C(C)C(F)(F)F)(C(C)C(F)(F)F)C1C(C)C(F)(F)F. The first-order chi connectivity index (χ1) is 12.8. The quantitative estimate of drug-likeness (QED) is 0.473. The van der Waals surface area contributed by atoms with Crippen LogP contribution in [0.3, 0.4) is 0 Å². The molecular weight excluding hydrogens is 430 g/mol. The number of urea groups is 1. The number of ether oxygens (including phenoxy) is 1. The number of rotatable bonds is 6. The van der Waals surface area contributed by atoms with Crippen molar-refractivity contribution in [1.29, 1.82) is 0 Å². The van der Waals surface area contributed by atoms with Crippen LogP contribution >= 0.6 is 0 Å². The van der Waals surface area contributed by atoms with Crippen molar-refractivity contribution in [2.45, 2.75) is 57.2 Å². The topological polar surface area (TPSA) is 41.6 Å². The Morgan fingerprint density at radius 2 is 1.38 bits per heavy atom. The highest BCUT2D eigenvalue weighted by molar-refractivity contribution is 5.79. The summed E-state index contributed by atoms with van der Waals surface area (Å²) in [4.78, 5) is 12.0. The second-order valence-electron chi connectivity index (χ2n) is 6.96. The van der Waals surface area contributed by atoms with Crippen molar-refractivity contribution < 1.29 is 53.4 Å². The third-order valence-electron chi connectivity index (χ3n) is 5.36. The summed E-state index contributed by atoms with van der Waals surface area (Å²) in [5.41, 5.74) is -3.54. The van der Waals surface area contributed by atoms with Gasteiger partial charge in [-0.3, -0.25) is 4.90 Å². The smallest absolute Gasteiger partial charge is 0.380 e. The molecule has 29 heavy (non-hydrogen) atoms. The molecule has 0 spiro atoms. The number of nitrogens with zero attached hydrogens (tertiary/aromatic N) is 1. The summed E-state index contributed by atoms with van der Waals surface area (Å²) in [6, 6.07) is -4.67. The molecule has 2 amide bonds. The molecule has 14 heteroatoms. The molecule has 1 fully saturated rings. The van der Waals surface area contributed by atoms with E-state index >= 15 is 0 Å². The van der Waals surface area contributed by atoms with Crippen LogP contribution in [-0.4, -0.2) is 61.1 Å². The van der Waals surface area contributed by atoms with Crippen LogP contribution in [0, 0.1) is 17.8 Å². The van der Waals surface area contributed by atoms with Crippen LogP contribution in [0.4, 0.5) is 48.7 Å². The molecule has 5 atom stereocenters. The second-order valence-corrected chi connectivity index (χ2v) is 6.96. The van der Waals surface area contributed by atoms with Gasteiger partial charge in [-0.05, 0) is 0 Å². The average Bonchev–Trinajstić information content (AvgIpc) is 2.83. The van der Waals surface area contributed by atoms with E-state index in [4.69, 9.17) is 0 Å². The zero-order chi connectivity index (χ0) is 23.2. The van der Waals surface area contributed by atoms with Gasteiger partial charge in [0.1, 0.15) is 0 Å². The van der Waals surface area contributed by atoms with Crippen molar-refractivity contribution in [2.75, 3.05) is 13.7 Å². The third-order valence-corrected chi connectivity index (χ3v) is 5.36. The molecule has 1 N–H and O–H groups in total. The minimum atomic E-state index is -5.43. The predicted molar refractivity (Wildman–Crippen MR) is 79.3 cm³/mol. The average molecular weight is 450 g/mol. The fourth-order valence-electron chi connectivity index (χ4n) is 3.68. The molecule has 1 rings (SSSR count). The van der Waals surface area contributed by atoms with Gasteiger partial charge in [0.05, 0.1) is 35.9 Å². The lowest BCUT2D eigenvalue weighted by molar-refractivity contribution is -0.257. The highest BCUT2D eigenvalue weighted by atomic mass is 19.4. The Morgan fingerprint density at radius 1 is 0.966 bits per heavy atom. The van der Waals surface area contributed by atoms with Gasteiger partial charge in [0.15, 0.2) is 6.30 Å². The summed E-state index contributed by atoms with van der Waals surface area (Å²) in [6.45, 7) is -0.291. The maximum atomic E-state index is 14.4. The van der Waals surface area contributed by atoms with Crippen LogP contribution in [0.25, 0.3) is 0 Å². The first kappa shape index (κ1) is 25.6. The van der Waals surface area contributed by atoms with Gasteiger partial charge >= 0.3 is 24.6 Å². The first-order valence-corrected chi connectivity index (χ1v) is 8.27. The van der Waals surface area contributed by atoms with Gasteiger partial charge < -0.3 is 10.1 Å². The number of nitrogens with one attached hydrogen (secondary N) is 1. The molecule has 0 aromatic rings. The van der Waals surface area contributed by atoms with Crippen LogP contribution in [0.2, 0.25) is 0 Å². The fraction of sp³-hybridized carbons (Fsp3) is 0.933. The lowest BCUT2D eigenvalue weighted by Gasteiger charge is -2.48. The van der Waals surface area contributed by atoms with E-state index in [1.54, 1.807) is 0 Å². The van der Waals surface area contributed by atoms with E-state index in [1.165, 1.54) is 5.32 Å². The molecule has 0 radical (unpaired) electrons. The normalized spacial score (nSPS) is 28.1. The highest BCUT2D eigenvalue weighted by Gasteiger charge is 2.72. The van der Waals surface area contributed by atoms with E-state index in [9.17, 15) is 48.7 Å². The number of hydrogen-bond acceptors (Lipinski definition) is 2. The molecular formula is C15H20F10N2O2. The van der Waals surface area contributed by atoms with Crippen LogP contribution in [0.15, 0.2) is 0 Å². The van der Waals surface area contributed by atoms with E-state index < -0.39 is 66.8 Å². The van der Waals surface area contributed by atoms with Crippen LogP contribution in [0.5, 0.6) is 0 Å². The zero-order valence-corrected chi connectivity index (χ0v) is 15.6. The standard InChI is InChI=1S/C15H20F10N2O2/c1-6(13(17,18)19)10-12(7(2)14(20,21)22,8(3)15(23,24)25)26-11(28)27(10)9(16)5-29-4/h6-10H,5H2,1-4H3,(H,26,28). The summed E-state index contributed by atoms with van der Waals surface area (Å²) in [7, 11) is 0.896. The molecule has 1 saturated heterocycles. The second kappa shape index (κ2) is 7.99. The summed E-state index contributed by atoms with van der Waals surface area (Å²) in [5, 5.41) is 1.42. The van der Waals surface area contributed by atoms with Crippen molar-refractivity contribution in [3.05, 3.63) is 0 Å². The summed E-state index contributed by atoms with van der Waals surface area (Å²) in [6.07, 6.45) is -18.9. The van der Waals surface area contributed by atoms with Gasteiger partial charge in [0.2, 0.25) is 0 Å². The molecule has 0 aromatic carbocycles. The summed E-state index contributed by atoms with van der Waals surface area (Å²) >= 11 is 0. The monoisotopic (exact) mass is 450 g/mol. The summed E-state index contributed by atoms with van der Waals surface area (Å²) < 4.78 is 140. The molecule has 0 bridgehead atoms. The maximum Gasteiger partial charge on any atom is 0.393 e. The Bertz CT molecular complexity index is 569. The van der Waals surface area contributed by atoms with Gasteiger partial charge in [-0.15, -0.1) is 0 Å². The van der Waals surface area contributed by atoms with Gasteiger partial charge in [0, 0.05) is 7.11 Å². The number of amides is 2. The van der Waals surface area contributed by atoms with E-state index in [-0.39, 0.29) is 18.7 Å². The van der Waals surface area contributed by atoms with E-state index in [2.05, 4.69) is 4.74 Å². The lowest BCUT2D eigenvalue weighted by Crippen LogP contribution is -2.68. The minimum Gasteiger partial charge on any atom is -0.380 e. The first-order valence-electron chi connectivity index (χ1n) is 8.27. The Kier molecular flexibility index (Phi) is 7.04. The number of carbonyl (C=O) groups excluding carboxylic acids is 1. The van der Waals surface area contributed by atoms with Crippen LogP contribution in [0.1, 0.15) is 20.8 Å². The third kappa shape index (κ3) is 4.66. The predicted octanol–water partition coefficient (Wildman–Crippen LogP) is 4.66. The van der Waals surface area contributed by atoms with Crippen molar-refractivity contribution in [2.24, 2.45) is 17.8 Å². The Hall–Kier alpha value is -1.47. The Balaban J connectivity index is 3.84. The molecule has 5 unspecified atom stereocenters. The lowest BCUT2D eigenvalue weighted by atomic mass is 9.66. The van der Waals surface area contributed by atoms with Gasteiger partial charge in [0.25, 0.3) is 0 Å². The van der Waals surface area contributed by atoms with Crippen molar-refractivity contribution >= 4 is 6.03 Å². The van der Waals surface area contributed by atoms with Crippen molar-refractivity contribution in [3.63, 3.8) is 0 Å². The Labute approximate surface area is 159 Å². The largest absolute Gasteiger partial charge is 0.393 e. The fourth-order valence-corrected chi connectivity index (χ4v) is 3.68. The van der Waals surface area contributed by atoms with Gasteiger partial charge in [-0.25, -0.2) is 9.18 Å². The van der Waals surface area contributed by atoms with Crippen LogP contribution < -0.4 is 5.32 Å². The van der Waals surface area contributed by atoms with Gasteiger partial charge in [-0.1, -0.05) is 20.8 Å². The molecule has 1 heterocycles. The van der Waals surface area contributed by atoms with E-state index in [1.807, 2.05) is 0 Å². The number of halogens is 10. The number of carbonyl (C=O) groups is 1. The molecule has 1 aliphatic rings. The number of hydrogen-bond donors (Lipinski definition) is 1. The molecule has 4 nitrogen and oxygen atoms in total. The Morgan fingerprint density at radius 3 is 1.69 bits per heavy atom. The van der Waals surface area contributed by atoms with Crippen molar-refractivity contribution in [3.8, 4) is 0 Å². The molecule has 1 aliphatic heterocycles. The minimum absolute atomic E-state index is 0.228. The zero-order valence-electron chi connectivity index (χ0n) is 15.6. The van der Waals surface area contributed by atoms with Crippen LogP contribution in [-0.2, 0) is 4.74 Å². The number of alkyl halides is 10. The van der Waals surface area contributed by atoms with E-state index in [0.29, 0.717) is 6.92 Å². The van der Waals surface area contributed by atoms with E-state index in [0.717, 1.165) is 7.11 Å². The summed E-state index contributed by atoms with van der Waals surface area (Å²) in [5.74, 6) is -9.11. The molecule has 0 aliphatic carbocycles. The maximum absolute atomic E-state index is 14.4. The molecule has 0 saturated carbocycles. The van der Waals surface area contributed by atoms with Crippen molar-refractivity contribution in [1.82, 2.24) is 10.2 Å². The number of methoxy groups -OCH3 is 1. The molecule has 172 valence electrons. The molecule has 0 aromatic heterocycles. The highest BCUT2D eigenvalue weighted by Crippen LogP contribution is 2.53.